The van der Waals surface area contributed by atoms with Crippen LogP contribution in [-0.4, -0.2) is 4.98 Å². The minimum Gasteiger partial charge on any atom is -0.256 e. The fraction of sp³-hybridized carbons (Fsp3) is 0.353. The van der Waals surface area contributed by atoms with E-state index in [0.717, 1.165) is 11.6 Å². The Morgan fingerprint density at radius 3 is 2.44 bits per heavy atom. The first-order valence-corrected chi connectivity index (χ1v) is 6.86. The van der Waals surface area contributed by atoms with E-state index in [0.29, 0.717) is 0 Å². The number of nitrogens with zero attached hydrogens (tertiary/aromatic N) is 1. The summed E-state index contributed by atoms with van der Waals surface area (Å²) in [6, 6.07) is 12.7. The van der Waals surface area contributed by atoms with Gasteiger partial charge in [0.25, 0.3) is 0 Å². The van der Waals surface area contributed by atoms with Crippen molar-refractivity contribution in [3.05, 3.63) is 53.7 Å². The van der Waals surface area contributed by atoms with Crippen molar-refractivity contribution in [1.29, 1.82) is 0 Å². The molecular weight excluding hydrogens is 218 g/mol. The molecule has 0 aliphatic heterocycles. The first kappa shape index (κ1) is 11.5. The normalized spacial score (nSPS) is 16.1. The molecule has 1 saturated carbocycles. The molecule has 0 amide bonds. The molecule has 0 N–H and O–H groups in total. The molecule has 2 aromatic rings. The zero-order valence-corrected chi connectivity index (χ0v) is 10.9. The average molecular weight is 237 g/mol. The molecule has 1 heterocycles. The van der Waals surface area contributed by atoms with Gasteiger partial charge in [-0.05, 0) is 42.9 Å². The summed E-state index contributed by atoms with van der Waals surface area (Å²) < 4.78 is 0. The predicted molar refractivity (Wildman–Crippen MR) is 75.6 cm³/mol. The Morgan fingerprint density at radius 1 is 1.06 bits per heavy atom. The van der Waals surface area contributed by atoms with Gasteiger partial charge in [-0.15, -0.1) is 0 Å². The quantitative estimate of drug-likeness (QED) is 0.736. The first-order valence-electron chi connectivity index (χ1n) is 6.86. The Bertz CT molecular complexity index is 525. The Balaban J connectivity index is 1.94. The molecule has 0 saturated heterocycles. The highest BCUT2D eigenvalue weighted by molar-refractivity contribution is 5.60. The summed E-state index contributed by atoms with van der Waals surface area (Å²) in [7, 11) is 0. The van der Waals surface area contributed by atoms with E-state index in [-0.39, 0.29) is 0 Å². The molecule has 1 aliphatic rings. The van der Waals surface area contributed by atoms with Crippen molar-refractivity contribution in [2.75, 3.05) is 0 Å². The number of rotatable bonds is 2. The highest BCUT2D eigenvalue weighted by Crippen LogP contribution is 2.36. The number of hydrogen-bond acceptors (Lipinski definition) is 1. The lowest BCUT2D eigenvalue weighted by Gasteiger charge is -2.13. The summed E-state index contributed by atoms with van der Waals surface area (Å²) in [5.74, 6) is 0.752. The molecule has 1 nitrogen and oxygen atoms in total. The molecular formula is C17H19N. The third kappa shape index (κ3) is 2.17. The first-order chi connectivity index (χ1) is 8.84. The molecule has 1 fully saturated rings. The molecule has 1 heteroatoms. The van der Waals surface area contributed by atoms with Crippen LogP contribution in [0.1, 0.15) is 42.7 Å². The average Bonchev–Trinajstić information content (AvgIpc) is 2.93. The van der Waals surface area contributed by atoms with Gasteiger partial charge in [-0.2, -0.15) is 0 Å². The number of aromatic nitrogens is 1. The molecule has 18 heavy (non-hydrogen) atoms. The number of aryl methyl sites for hydroxylation is 1. The van der Waals surface area contributed by atoms with Crippen LogP contribution in [0.4, 0.5) is 0 Å². The van der Waals surface area contributed by atoms with Crippen molar-refractivity contribution in [2.45, 2.75) is 38.5 Å². The van der Waals surface area contributed by atoms with Crippen LogP contribution in [0.15, 0.2) is 42.6 Å². The van der Waals surface area contributed by atoms with Gasteiger partial charge in [0.05, 0.1) is 5.69 Å². The lowest BCUT2D eigenvalue weighted by Crippen LogP contribution is -1.98. The Morgan fingerprint density at radius 2 is 1.78 bits per heavy atom. The Hall–Kier alpha value is -1.63. The molecule has 1 aromatic carbocycles. The van der Waals surface area contributed by atoms with Crippen LogP contribution in [0.5, 0.6) is 0 Å². The van der Waals surface area contributed by atoms with Crippen molar-refractivity contribution in [1.82, 2.24) is 4.98 Å². The smallest absolute Gasteiger partial charge is 0.0704 e. The van der Waals surface area contributed by atoms with Crippen LogP contribution in [0.3, 0.4) is 0 Å². The van der Waals surface area contributed by atoms with Gasteiger partial charge in [0.2, 0.25) is 0 Å². The number of pyridine rings is 1. The lowest BCUT2D eigenvalue weighted by molar-refractivity contribution is 0.714. The molecule has 0 spiro atoms. The van der Waals surface area contributed by atoms with E-state index in [9.17, 15) is 0 Å². The van der Waals surface area contributed by atoms with E-state index in [1.165, 1.54) is 42.4 Å². The van der Waals surface area contributed by atoms with Crippen molar-refractivity contribution < 1.29 is 0 Å². The maximum atomic E-state index is 4.65. The maximum absolute atomic E-state index is 4.65. The molecule has 0 bridgehead atoms. The Kier molecular flexibility index (Phi) is 3.14. The molecule has 1 aliphatic carbocycles. The van der Waals surface area contributed by atoms with Crippen LogP contribution in [-0.2, 0) is 0 Å². The fourth-order valence-corrected chi connectivity index (χ4v) is 3.00. The lowest BCUT2D eigenvalue weighted by atomic mass is 9.94. The topological polar surface area (TPSA) is 12.9 Å². The molecule has 0 atom stereocenters. The van der Waals surface area contributed by atoms with Gasteiger partial charge >= 0.3 is 0 Å². The van der Waals surface area contributed by atoms with E-state index in [2.05, 4.69) is 48.4 Å². The summed E-state index contributed by atoms with van der Waals surface area (Å²) in [4.78, 5) is 4.65. The second-order valence-corrected chi connectivity index (χ2v) is 5.27. The summed E-state index contributed by atoms with van der Waals surface area (Å²) in [6.07, 6.45) is 7.54. The van der Waals surface area contributed by atoms with Gasteiger partial charge in [0.1, 0.15) is 0 Å². The highest BCUT2D eigenvalue weighted by atomic mass is 14.7. The second kappa shape index (κ2) is 4.93. The van der Waals surface area contributed by atoms with Crippen LogP contribution >= 0.6 is 0 Å². The van der Waals surface area contributed by atoms with E-state index in [4.69, 9.17) is 0 Å². The van der Waals surface area contributed by atoms with Crippen LogP contribution in [0, 0.1) is 6.92 Å². The predicted octanol–water partition coefficient (Wildman–Crippen LogP) is 4.71. The minimum absolute atomic E-state index is 0.752. The van der Waals surface area contributed by atoms with E-state index in [1.54, 1.807) is 0 Å². The molecule has 92 valence electrons. The molecule has 0 unspecified atom stereocenters. The summed E-state index contributed by atoms with van der Waals surface area (Å²) in [5.41, 5.74) is 5.16. The van der Waals surface area contributed by atoms with Crippen LogP contribution in [0.2, 0.25) is 0 Å². The van der Waals surface area contributed by atoms with Crippen LogP contribution in [0.25, 0.3) is 11.3 Å². The number of benzene rings is 1. The fourth-order valence-electron chi connectivity index (χ4n) is 3.00. The van der Waals surface area contributed by atoms with Gasteiger partial charge < -0.3 is 0 Å². The van der Waals surface area contributed by atoms with Gasteiger partial charge in [-0.1, -0.05) is 43.2 Å². The maximum Gasteiger partial charge on any atom is 0.0704 e. The number of hydrogen-bond donors (Lipinski definition) is 0. The van der Waals surface area contributed by atoms with Crippen molar-refractivity contribution >= 4 is 0 Å². The zero-order valence-electron chi connectivity index (χ0n) is 10.9. The monoisotopic (exact) mass is 237 g/mol. The molecule has 3 rings (SSSR count). The summed E-state index contributed by atoms with van der Waals surface area (Å²) in [6.45, 7) is 2.22. The molecule has 0 radical (unpaired) electrons. The van der Waals surface area contributed by atoms with Gasteiger partial charge in [-0.25, -0.2) is 0 Å². The van der Waals surface area contributed by atoms with Crippen molar-refractivity contribution in [3.8, 4) is 11.3 Å². The second-order valence-electron chi connectivity index (χ2n) is 5.27. The summed E-state index contributed by atoms with van der Waals surface area (Å²) in [5, 5.41) is 0. The Labute approximate surface area is 109 Å². The largest absolute Gasteiger partial charge is 0.256 e. The van der Waals surface area contributed by atoms with E-state index >= 15 is 0 Å². The minimum atomic E-state index is 0.752. The third-order valence-corrected chi connectivity index (χ3v) is 4.02. The highest BCUT2D eigenvalue weighted by Gasteiger charge is 2.19. The van der Waals surface area contributed by atoms with Crippen molar-refractivity contribution in [3.63, 3.8) is 0 Å². The SMILES string of the molecule is Cc1cc(-c2ccccc2)ncc1C1CCCC1. The van der Waals surface area contributed by atoms with Crippen LogP contribution < -0.4 is 0 Å². The molecule has 1 aromatic heterocycles. The zero-order chi connectivity index (χ0) is 12.4. The van der Waals surface area contributed by atoms with E-state index < -0.39 is 0 Å². The van der Waals surface area contributed by atoms with Crippen molar-refractivity contribution in [2.24, 2.45) is 0 Å². The summed E-state index contributed by atoms with van der Waals surface area (Å²) >= 11 is 0. The third-order valence-electron chi connectivity index (χ3n) is 4.02. The van der Waals surface area contributed by atoms with Gasteiger partial charge in [0.15, 0.2) is 0 Å². The van der Waals surface area contributed by atoms with Gasteiger partial charge in [-0.3, -0.25) is 4.98 Å². The van der Waals surface area contributed by atoms with Gasteiger partial charge in [0, 0.05) is 11.8 Å². The standard InChI is InChI=1S/C17H19N/c1-13-11-17(15-9-3-2-4-10-15)18-12-16(13)14-7-5-6-8-14/h2-4,9-12,14H,5-8H2,1H3. The van der Waals surface area contributed by atoms with E-state index in [1.807, 2.05) is 6.07 Å².